The van der Waals surface area contributed by atoms with Crippen LogP contribution in [-0.4, -0.2) is 5.71 Å². The molecule has 0 saturated heterocycles. The van der Waals surface area contributed by atoms with Crippen molar-refractivity contribution in [2.75, 3.05) is 0 Å². The van der Waals surface area contributed by atoms with Crippen LogP contribution >= 0.6 is 0 Å². The molecule has 0 aliphatic heterocycles. The Hall–Kier alpha value is -4.23. The van der Waals surface area contributed by atoms with Gasteiger partial charge in [-0.05, 0) is 96.3 Å². The molecule has 0 atom stereocenters. The van der Waals surface area contributed by atoms with Gasteiger partial charge in [0, 0.05) is 11.3 Å². The average molecular weight is 482 g/mol. The molecule has 0 aliphatic rings. The summed E-state index contributed by atoms with van der Waals surface area (Å²) in [6.07, 6.45) is 4.13. The Morgan fingerprint density at radius 3 is 1.78 bits per heavy atom. The Labute approximate surface area is 222 Å². The highest BCUT2D eigenvalue weighted by molar-refractivity contribution is 6.17. The third-order valence-corrected chi connectivity index (χ3v) is 6.78. The summed E-state index contributed by atoms with van der Waals surface area (Å²) >= 11 is 0. The predicted octanol–water partition coefficient (Wildman–Crippen LogP) is 10.0. The van der Waals surface area contributed by atoms with Gasteiger partial charge in [0.05, 0.1) is 5.71 Å². The highest BCUT2D eigenvalue weighted by atomic mass is 14.7. The fraction of sp³-hybridized carbons (Fsp3) is 0.139. The minimum Gasteiger partial charge on any atom is -0.254 e. The van der Waals surface area contributed by atoms with Crippen LogP contribution in [0.25, 0.3) is 33.9 Å². The van der Waals surface area contributed by atoms with E-state index in [0.717, 1.165) is 33.7 Å². The molecule has 4 aromatic rings. The molecule has 0 aromatic heterocycles. The number of allylic oxidation sites excluding steroid dienone is 3. The van der Waals surface area contributed by atoms with Crippen LogP contribution in [0, 0.1) is 20.8 Å². The predicted molar refractivity (Wildman–Crippen MR) is 163 cm³/mol. The maximum atomic E-state index is 4.96. The lowest BCUT2D eigenvalue weighted by Gasteiger charge is -2.18. The molecular weight excluding hydrogens is 446 g/mol. The number of benzene rings is 4. The van der Waals surface area contributed by atoms with Crippen molar-refractivity contribution in [3.05, 3.63) is 143 Å². The fourth-order valence-corrected chi connectivity index (χ4v) is 4.97. The quantitative estimate of drug-likeness (QED) is 0.233. The molecule has 4 rings (SSSR count). The van der Waals surface area contributed by atoms with Crippen molar-refractivity contribution in [2.45, 2.75) is 34.6 Å². The van der Waals surface area contributed by atoms with Crippen molar-refractivity contribution in [3.8, 4) is 22.3 Å². The van der Waals surface area contributed by atoms with Gasteiger partial charge in [-0.25, -0.2) is 0 Å². The van der Waals surface area contributed by atoms with Gasteiger partial charge in [-0.1, -0.05) is 104 Å². The summed E-state index contributed by atoms with van der Waals surface area (Å²) in [5, 5.41) is 0. The van der Waals surface area contributed by atoms with Crippen LogP contribution in [0.3, 0.4) is 0 Å². The summed E-state index contributed by atoms with van der Waals surface area (Å²) in [6.45, 7) is 18.9. The zero-order valence-electron chi connectivity index (χ0n) is 22.6. The van der Waals surface area contributed by atoms with Gasteiger partial charge in [-0.15, -0.1) is 0 Å². The van der Waals surface area contributed by atoms with Gasteiger partial charge in [0.25, 0.3) is 0 Å². The topological polar surface area (TPSA) is 12.4 Å². The van der Waals surface area contributed by atoms with E-state index < -0.39 is 0 Å². The molecule has 0 fully saturated rings. The van der Waals surface area contributed by atoms with E-state index >= 15 is 0 Å². The zero-order chi connectivity index (χ0) is 26.5. The third-order valence-electron chi connectivity index (χ3n) is 6.78. The first-order chi connectivity index (χ1) is 17.8. The van der Waals surface area contributed by atoms with Gasteiger partial charge in [0.1, 0.15) is 0 Å². The van der Waals surface area contributed by atoms with Gasteiger partial charge in [-0.3, -0.25) is 4.99 Å². The van der Waals surface area contributed by atoms with E-state index in [1.165, 1.54) is 38.9 Å². The molecular formula is C36H35N. The van der Waals surface area contributed by atoms with Gasteiger partial charge in [-0.2, -0.15) is 0 Å². The Morgan fingerprint density at radius 1 is 0.649 bits per heavy atom. The van der Waals surface area contributed by atoms with Crippen molar-refractivity contribution in [1.29, 1.82) is 0 Å². The smallest absolute Gasteiger partial charge is 0.0714 e. The van der Waals surface area contributed by atoms with Crippen molar-refractivity contribution in [2.24, 2.45) is 4.99 Å². The Kier molecular flexibility index (Phi) is 7.84. The van der Waals surface area contributed by atoms with Crippen LogP contribution in [0.5, 0.6) is 0 Å². The summed E-state index contributed by atoms with van der Waals surface area (Å²) in [5.74, 6) is 0. The largest absolute Gasteiger partial charge is 0.254 e. The maximum absolute atomic E-state index is 4.96. The van der Waals surface area contributed by atoms with Crippen molar-refractivity contribution < 1.29 is 0 Å². The number of nitrogens with zero attached hydrogens (tertiary/aromatic N) is 1. The van der Waals surface area contributed by atoms with Crippen LogP contribution < -0.4 is 0 Å². The van der Waals surface area contributed by atoms with Gasteiger partial charge < -0.3 is 0 Å². The van der Waals surface area contributed by atoms with Crippen LogP contribution in [0.2, 0.25) is 0 Å². The van der Waals surface area contributed by atoms with Gasteiger partial charge in [0.2, 0.25) is 0 Å². The monoisotopic (exact) mass is 481 g/mol. The summed E-state index contributed by atoms with van der Waals surface area (Å²) < 4.78 is 0. The molecule has 0 spiro atoms. The average Bonchev–Trinajstić information content (AvgIpc) is 2.88. The van der Waals surface area contributed by atoms with E-state index in [-0.39, 0.29) is 0 Å². The number of aryl methyl sites for hydroxylation is 3. The molecule has 0 unspecified atom stereocenters. The molecule has 0 saturated carbocycles. The Morgan fingerprint density at radius 2 is 1.19 bits per heavy atom. The molecule has 4 aromatic carbocycles. The molecule has 1 nitrogen and oxygen atoms in total. The van der Waals surface area contributed by atoms with E-state index in [4.69, 9.17) is 4.99 Å². The van der Waals surface area contributed by atoms with E-state index in [0.29, 0.717) is 0 Å². The lowest BCUT2D eigenvalue weighted by atomic mass is 9.87. The standard InChI is InChI=1S/C36H35N/c1-8-29-18-14-22-33(36(29)31-20-12-10-16-26(31)5)34(37-24(2)3)23-28(7)32-21-13-17-27(6)35(32)30-19-11-9-15-25(30)4/h8-23H,1-2H2,3-7H3/b28-23+,37-34+. The fourth-order valence-electron chi connectivity index (χ4n) is 4.97. The van der Waals surface area contributed by atoms with Crippen LogP contribution in [-0.2, 0) is 0 Å². The second-order valence-corrected chi connectivity index (χ2v) is 9.66. The third kappa shape index (κ3) is 5.47. The molecule has 0 N–H and O–H groups in total. The molecule has 1 heteroatoms. The molecule has 0 bridgehead atoms. The van der Waals surface area contributed by atoms with Crippen molar-refractivity contribution in [3.63, 3.8) is 0 Å². The normalized spacial score (nSPS) is 11.9. The number of rotatable bonds is 7. The van der Waals surface area contributed by atoms with Crippen molar-refractivity contribution >= 4 is 17.4 Å². The molecule has 0 radical (unpaired) electrons. The zero-order valence-corrected chi connectivity index (χ0v) is 22.6. The first kappa shape index (κ1) is 25.9. The van der Waals surface area contributed by atoms with Gasteiger partial charge in [0.15, 0.2) is 0 Å². The molecule has 0 amide bonds. The lowest BCUT2D eigenvalue weighted by molar-refractivity contribution is 1.32. The Balaban J connectivity index is 1.97. The van der Waals surface area contributed by atoms with Crippen molar-refractivity contribution in [1.82, 2.24) is 0 Å². The second kappa shape index (κ2) is 11.2. The minimum atomic E-state index is 0.766. The summed E-state index contributed by atoms with van der Waals surface area (Å²) in [5.41, 5.74) is 14.8. The summed E-state index contributed by atoms with van der Waals surface area (Å²) in [7, 11) is 0. The molecule has 0 heterocycles. The second-order valence-electron chi connectivity index (χ2n) is 9.66. The summed E-state index contributed by atoms with van der Waals surface area (Å²) in [6, 6.07) is 30.0. The van der Waals surface area contributed by atoms with Crippen LogP contribution in [0.4, 0.5) is 0 Å². The van der Waals surface area contributed by atoms with E-state index in [9.17, 15) is 0 Å². The number of aliphatic imine (C=N–C) groups is 1. The minimum absolute atomic E-state index is 0.766. The van der Waals surface area contributed by atoms with Crippen LogP contribution in [0.15, 0.2) is 115 Å². The SMILES string of the molecule is C=Cc1cccc(C(/C=C(\C)c2cccc(C)c2-c2ccccc2C)=N/C(=C)C)c1-c1ccccc1C. The first-order valence-electron chi connectivity index (χ1n) is 12.7. The van der Waals surface area contributed by atoms with E-state index in [2.05, 4.69) is 132 Å². The lowest BCUT2D eigenvalue weighted by Crippen LogP contribution is -2.04. The van der Waals surface area contributed by atoms with E-state index in [1.54, 1.807) is 0 Å². The number of hydrogen-bond acceptors (Lipinski definition) is 1. The highest BCUT2D eigenvalue weighted by Gasteiger charge is 2.17. The summed E-state index contributed by atoms with van der Waals surface area (Å²) in [4.78, 5) is 4.96. The molecule has 37 heavy (non-hydrogen) atoms. The molecule has 0 aliphatic carbocycles. The maximum Gasteiger partial charge on any atom is 0.0714 e. The van der Waals surface area contributed by atoms with Crippen LogP contribution in [0.1, 0.15) is 47.2 Å². The van der Waals surface area contributed by atoms with Gasteiger partial charge >= 0.3 is 0 Å². The van der Waals surface area contributed by atoms with E-state index in [1.807, 2.05) is 13.0 Å². The first-order valence-corrected chi connectivity index (χ1v) is 12.7. The molecule has 184 valence electrons. The Bertz CT molecular complexity index is 1540. The number of hydrogen-bond donors (Lipinski definition) is 0. The highest BCUT2D eigenvalue weighted by Crippen LogP contribution is 2.36.